The Labute approximate surface area is 246 Å². The second kappa shape index (κ2) is 14.8. The second-order valence-corrected chi connectivity index (χ2v) is 10.1. The van der Waals surface area contributed by atoms with Gasteiger partial charge in [-0.1, -0.05) is 41.7 Å². The van der Waals surface area contributed by atoms with Crippen LogP contribution in [-0.2, 0) is 9.59 Å². The standard InChI is InChI=1S/C24H26F2N6O3S.C2HF3O2/c1-15(32-12-10-31(2)11-13-32)20(33)27-18-14-17(8-9-19(18)35-23(25)26)21(34)28-24-30-29-22(36-24)16-6-4-3-5-7-16;3-2(4,5)1(6)7/h3-9,14-15,23H,10-13H2,1-2H3,(H,27,33)(H,28,30,34);(H,6,7). The lowest BCUT2D eigenvalue weighted by molar-refractivity contribution is -0.192. The fourth-order valence-electron chi connectivity index (χ4n) is 3.72. The molecule has 0 spiro atoms. The summed E-state index contributed by atoms with van der Waals surface area (Å²) in [5.74, 6) is -3.90. The number of hydrogen-bond donors (Lipinski definition) is 3. The number of nitrogens with one attached hydrogen (secondary N) is 2. The van der Waals surface area contributed by atoms with Crippen molar-refractivity contribution < 1.29 is 46.2 Å². The van der Waals surface area contributed by atoms with Gasteiger partial charge in [0.05, 0.1) is 11.7 Å². The van der Waals surface area contributed by atoms with Crippen LogP contribution in [0.3, 0.4) is 0 Å². The fourth-order valence-corrected chi connectivity index (χ4v) is 4.46. The number of rotatable bonds is 8. The van der Waals surface area contributed by atoms with Crippen LogP contribution in [0.5, 0.6) is 5.75 Å². The van der Waals surface area contributed by atoms with E-state index in [1.807, 2.05) is 42.3 Å². The van der Waals surface area contributed by atoms with E-state index in [0.717, 1.165) is 18.7 Å². The smallest absolute Gasteiger partial charge is 0.475 e. The quantitative estimate of drug-likeness (QED) is 0.312. The molecule has 3 N–H and O–H groups in total. The van der Waals surface area contributed by atoms with Crippen molar-refractivity contribution in [3.05, 3.63) is 54.1 Å². The molecule has 232 valence electrons. The zero-order valence-electron chi connectivity index (χ0n) is 22.8. The molecule has 2 heterocycles. The average Bonchev–Trinajstić information content (AvgIpc) is 3.42. The first kappa shape index (κ1) is 33.3. The number of anilines is 2. The number of ether oxygens (including phenoxy) is 1. The van der Waals surface area contributed by atoms with Crippen LogP contribution in [0.4, 0.5) is 32.8 Å². The molecule has 0 aliphatic carbocycles. The summed E-state index contributed by atoms with van der Waals surface area (Å²) in [4.78, 5) is 38.8. The number of carboxylic acids is 1. The Balaban J connectivity index is 0.000000646. The molecule has 17 heteroatoms. The Kier molecular flexibility index (Phi) is 11.4. The molecule has 2 amide bonds. The van der Waals surface area contributed by atoms with Gasteiger partial charge in [-0.2, -0.15) is 22.0 Å². The normalized spacial score (nSPS) is 14.8. The maximum atomic E-state index is 13.0. The third kappa shape index (κ3) is 9.93. The van der Waals surface area contributed by atoms with Crippen LogP contribution in [-0.4, -0.2) is 94.9 Å². The molecule has 1 unspecified atom stereocenters. The van der Waals surface area contributed by atoms with E-state index in [9.17, 15) is 31.5 Å². The van der Waals surface area contributed by atoms with Gasteiger partial charge in [0.2, 0.25) is 11.0 Å². The minimum Gasteiger partial charge on any atom is -0.475 e. The molecule has 4 rings (SSSR count). The highest BCUT2D eigenvalue weighted by Crippen LogP contribution is 2.30. The number of amides is 2. The van der Waals surface area contributed by atoms with Crippen LogP contribution in [0.15, 0.2) is 48.5 Å². The Morgan fingerprint density at radius 2 is 1.63 bits per heavy atom. The zero-order valence-corrected chi connectivity index (χ0v) is 23.6. The molecule has 0 radical (unpaired) electrons. The number of aromatic nitrogens is 2. The van der Waals surface area contributed by atoms with Crippen molar-refractivity contribution >= 4 is 39.9 Å². The van der Waals surface area contributed by atoms with Crippen molar-refractivity contribution in [3.63, 3.8) is 0 Å². The van der Waals surface area contributed by atoms with Crippen LogP contribution in [0.2, 0.25) is 0 Å². The van der Waals surface area contributed by atoms with Crippen LogP contribution < -0.4 is 15.4 Å². The highest BCUT2D eigenvalue weighted by Gasteiger charge is 2.38. The predicted octanol–water partition coefficient (Wildman–Crippen LogP) is 4.27. The van der Waals surface area contributed by atoms with Crippen LogP contribution in [0.1, 0.15) is 17.3 Å². The van der Waals surface area contributed by atoms with E-state index in [1.54, 1.807) is 6.92 Å². The first-order valence-electron chi connectivity index (χ1n) is 12.6. The summed E-state index contributed by atoms with van der Waals surface area (Å²) >= 11 is 1.20. The van der Waals surface area contributed by atoms with Gasteiger partial charge in [0.15, 0.2) is 0 Å². The van der Waals surface area contributed by atoms with Gasteiger partial charge in [-0.25, -0.2) is 4.79 Å². The fraction of sp³-hybridized carbons (Fsp3) is 0.346. The molecule has 1 atom stereocenters. The third-order valence-electron chi connectivity index (χ3n) is 6.09. The van der Waals surface area contributed by atoms with Crippen molar-refractivity contribution in [1.29, 1.82) is 0 Å². The molecule has 1 aromatic heterocycles. The summed E-state index contributed by atoms with van der Waals surface area (Å²) < 4.78 is 62.3. The minimum atomic E-state index is -5.08. The largest absolute Gasteiger partial charge is 0.490 e. The number of nitrogens with zero attached hydrogens (tertiary/aromatic N) is 4. The van der Waals surface area contributed by atoms with Crippen molar-refractivity contribution in [2.75, 3.05) is 43.9 Å². The number of aliphatic carboxylic acids is 1. The summed E-state index contributed by atoms with van der Waals surface area (Å²) in [6, 6.07) is 12.8. The zero-order chi connectivity index (χ0) is 31.7. The number of likely N-dealkylation sites (N-methyl/N-ethyl adjacent to an activating group) is 1. The molecule has 3 aromatic rings. The number of carbonyl (C=O) groups excluding carboxylic acids is 2. The molecule has 1 saturated heterocycles. The van der Waals surface area contributed by atoms with Crippen molar-refractivity contribution in [2.24, 2.45) is 0 Å². The Bertz CT molecular complexity index is 1400. The third-order valence-corrected chi connectivity index (χ3v) is 6.98. The van der Waals surface area contributed by atoms with E-state index in [2.05, 4.69) is 30.5 Å². The highest BCUT2D eigenvalue weighted by atomic mass is 32.1. The summed E-state index contributed by atoms with van der Waals surface area (Å²) in [5.41, 5.74) is 0.982. The maximum Gasteiger partial charge on any atom is 0.490 e. The lowest BCUT2D eigenvalue weighted by Gasteiger charge is -2.35. The molecule has 1 aliphatic heterocycles. The first-order valence-corrected chi connectivity index (χ1v) is 13.4. The molecule has 11 nitrogen and oxygen atoms in total. The van der Waals surface area contributed by atoms with Gasteiger partial charge in [0, 0.05) is 37.3 Å². The summed E-state index contributed by atoms with van der Waals surface area (Å²) in [5, 5.41) is 21.4. The number of hydrogen-bond acceptors (Lipinski definition) is 9. The summed E-state index contributed by atoms with van der Waals surface area (Å²) in [6.07, 6.45) is -5.08. The number of carbonyl (C=O) groups is 3. The van der Waals surface area contributed by atoms with Gasteiger partial charge < -0.3 is 20.1 Å². The molecule has 1 aliphatic rings. The van der Waals surface area contributed by atoms with E-state index in [0.29, 0.717) is 18.1 Å². The van der Waals surface area contributed by atoms with Gasteiger partial charge in [0.1, 0.15) is 10.8 Å². The SMILES string of the molecule is CC(C(=O)Nc1cc(C(=O)Nc2nnc(-c3ccccc3)s2)ccc1OC(F)F)N1CCN(C)CC1.O=C(O)C(F)(F)F. The van der Waals surface area contributed by atoms with E-state index >= 15 is 0 Å². The van der Waals surface area contributed by atoms with Crippen LogP contribution in [0.25, 0.3) is 10.6 Å². The molecule has 1 fully saturated rings. The molecular formula is C26H27F5N6O5S. The lowest BCUT2D eigenvalue weighted by Crippen LogP contribution is -2.51. The predicted molar refractivity (Wildman–Crippen MR) is 147 cm³/mol. The molecule has 0 bridgehead atoms. The number of halogens is 5. The Hall–Kier alpha value is -4.22. The van der Waals surface area contributed by atoms with Gasteiger partial charge in [-0.15, -0.1) is 10.2 Å². The van der Waals surface area contributed by atoms with E-state index in [1.165, 1.54) is 29.5 Å². The van der Waals surface area contributed by atoms with Crippen molar-refractivity contribution in [3.8, 4) is 16.3 Å². The minimum absolute atomic E-state index is 0.0174. The van der Waals surface area contributed by atoms with E-state index < -0.39 is 30.7 Å². The number of carboxylic acid groups (broad SMARTS) is 1. The van der Waals surface area contributed by atoms with Crippen LogP contribution in [0, 0.1) is 0 Å². The first-order chi connectivity index (χ1) is 20.2. The van der Waals surface area contributed by atoms with Crippen LogP contribution >= 0.6 is 11.3 Å². The van der Waals surface area contributed by atoms with Gasteiger partial charge in [-0.3, -0.25) is 19.8 Å². The Morgan fingerprint density at radius 3 is 2.21 bits per heavy atom. The van der Waals surface area contributed by atoms with E-state index in [4.69, 9.17) is 9.90 Å². The Morgan fingerprint density at radius 1 is 1.00 bits per heavy atom. The average molecular weight is 631 g/mol. The molecular weight excluding hydrogens is 603 g/mol. The monoisotopic (exact) mass is 630 g/mol. The topological polar surface area (TPSA) is 137 Å². The lowest BCUT2D eigenvalue weighted by atomic mass is 10.1. The highest BCUT2D eigenvalue weighted by molar-refractivity contribution is 7.18. The van der Waals surface area contributed by atoms with Crippen molar-refractivity contribution in [2.45, 2.75) is 25.8 Å². The number of piperazine rings is 1. The van der Waals surface area contributed by atoms with Gasteiger partial charge in [0.25, 0.3) is 5.91 Å². The van der Waals surface area contributed by atoms with Gasteiger partial charge in [-0.05, 0) is 32.2 Å². The molecule has 43 heavy (non-hydrogen) atoms. The molecule has 0 saturated carbocycles. The number of benzene rings is 2. The molecule has 2 aromatic carbocycles. The number of alkyl halides is 5. The summed E-state index contributed by atoms with van der Waals surface area (Å²) in [6.45, 7) is 1.73. The van der Waals surface area contributed by atoms with Gasteiger partial charge >= 0.3 is 18.8 Å². The maximum absolute atomic E-state index is 13.0. The van der Waals surface area contributed by atoms with Crippen molar-refractivity contribution in [1.82, 2.24) is 20.0 Å². The second-order valence-electron chi connectivity index (χ2n) is 9.13. The summed E-state index contributed by atoms with van der Waals surface area (Å²) in [7, 11) is 2.01. The van der Waals surface area contributed by atoms with E-state index in [-0.39, 0.29) is 28.0 Å².